The molecule has 8 aromatic rings. The van der Waals surface area contributed by atoms with Gasteiger partial charge in [-0.1, -0.05) is 129 Å². The lowest BCUT2D eigenvalue weighted by Crippen LogP contribution is -2.25. The third-order valence-corrected chi connectivity index (χ3v) is 13.3. The number of carbonyl (C=O) groups is 4. The van der Waals surface area contributed by atoms with E-state index < -0.39 is 0 Å². The summed E-state index contributed by atoms with van der Waals surface area (Å²) in [5, 5.41) is 6.31. The number of anilines is 2. The van der Waals surface area contributed by atoms with E-state index in [9.17, 15) is 28.8 Å². The Kier molecular flexibility index (Phi) is 7.60. The topological polar surface area (TPSA) is 154 Å². The molecule has 0 aromatic heterocycles. The number of benzene rings is 10. The van der Waals surface area contributed by atoms with Crippen molar-refractivity contribution in [1.82, 2.24) is 0 Å². The van der Waals surface area contributed by atoms with Crippen molar-refractivity contribution in [2.45, 2.75) is 0 Å². The fraction of sp³-hybridized carbons (Fsp3) is 0. The van der Waals surface area contributed by atoms with E-state index in [4.69, 9.17) is 11.5 Å². The summed E-state index contributed by atoms with van der Waals surface area (Å²) in [6.45, 7) is 0. The highest BCUT2D eigenvalue weighted by atomic mass is 79.9. The number of carbonyl (C=O) groups excluding carboxylic acids is 4. The zero-order valence-corrected chi connectivity index (χ0v) is 34.1. The second-order valence-electron chi connectivity index (χ2n) is 15.0. The first kappa shape index (κ1) is 36.0. The van der Waals surface area contributed by atoms with Crippen molar-refractivity contribution in [2.24, 2.45) is 0 Å². The number of fused-ring (bicyclic) bond motifs is 4. The molecule has 0 unspecified atom stereocenters. The lowest BCUT2D eigenvalue weighted by atomic mass is 9.76. The number of ketones is 4. The predicted octanol–water partition coefficient (Wildman–Crippen LogP) is 10.0. The molecule has 0 fully saturated rings. The van der Waals surface area contributed by atoms with Gasteiger partial charge in [-0.25, -0.2) is 0 Å². The summed E-state index contributed by atoms with van der Waals surface area (Å²) < 4.78 is 1.68. The van der Waals surface area contributed by atoms with Crippen molar-refractivity contribution in [3.63, 3.8) is 0 Å². The predicted molar refractivity (Wildman–Crippen MR) is 242 cm³/mol. The summed E-state index contributed by atoms with van der Waals surface area (Å²) >= 11 is 7.19. The van der Waals surface area contributed by atoms with Gasteiger partial charge >= 0.3 is 0 Å². The Labute approximate surface area is 355 Å². The largest absolute Gasteiger partial charge is 0.398 e. The summed E-state index contributed by atoms with van der Waals surface area (Å²) in [5.41, 5.74) is 16.7. The molecular weight excluding hydrogens is 884 g/mol. The summed E-state index contributed by atoms with van der Waals surface area (Å²) in [5.74, 6) is -1.45. The molecule has 60 heavy (non-hydrogen) atoms. The Morgan fingerprint density at radius 2 is 0.650 bits per heavy atom. The van der Waals surface area contributed by atoms with Gasteiger partial charge in [0.15, 0.2) is 34.0 Å². The Morgan fingerprint density at radius 3 is 1.02 bits per heavy atom. The molecular formula is C50H24Br2N2O6. The molecule has 8 nitrogen and oxygen atoms in total. The van der Waals surface area contributed by atoms with Crippen LogP contribution in [0.4, 0.5) is 11.4 Å². The molecule has 0 aliphatic heterocycles. The zero-order valence-electron chi connectivity index (χ0n) is 30.9. The number of hydrogen-bond donors (Lipinski definition) is 2. The van der Waals surface area contributed by atoms with Gasteiger partial charge in [0.05, 0.1) is 11.1 Å². The summed E-state index contributed by atoms with van der Waals surface area (Å²) in [6.07, 6.45) is 0. The van der Waals surface area contributed by atoms with Crippen molar-refractivity contribution >= 4 is 109 Å². The molecule has 0 amide bonds. The molecule has 4 aliphatic rings. The minimum Gasteiger partial charge on any atom is -0.398 e. The van der Waals surface area contributed by atoms with E-state index in [1.54, 1.807) is 72.8 Å². The standard InChI is InChI=1S/C28H16N2O4.C22H8Br2O2/c29-19-11-9-13(21-23(19)27(33)17-7-3-1-5-15(17)25(21)31)14-10-12-20(30)24-22(14)26(32)16-6-2-4-8-18(16)28(24)34;23-15-7-14-19-17-9(15)3-1-5-11(17)21(25)13-8-16(24)10-4-2-6-12(22(14)26)18(10)20(13)19/h1-12H,29-30H2;1-8H. The van der Waals surface area contributed by atoms with Gasteiger partial charge in [0, 0.05) is 97.1 Å². The first-order valence-corrected chi connectivity index (χ1v) is 20.4. The maximum Gasteiger partial charge on any atom is 0.196 e. The van der Waals surface area contributed by atoms with Gasteiger partial charge in [-0.15, -0.1) is 0 Å². The minimum absolute atomic E-state index is 0.00824. The van der Waals surface area contributed by atoms with E-state index in [2.05, 4.69) is 31.9 Å². The van der Waals surface area contributed by atoms with E-state index in [-0.39, 0.29) is 89.9 Å². The van der Waals surface area contributed by atoms with Crippen LogP contribution in [0.1, 0.15) is 63.7 Å². The number of halogens is 2. The van der Waals surface area contributed by atoms with Crippen LogP contribution < -0.4 is 22.3 Å². The molecule has 0 saturated carbocycles. The lowest BCUT2D eigenvalue weighted by Gasteiger charge is -2.25. The third kappa shape index (κ3) is 4.65. The Hall–Kier alpha value is -7.14. The van der Waals surface area contributed by atoms with E-state index in [1.807, 2.05) is 48.5 Å². The second kappa shape index (κ2) is 12.7. The van der Waals surface area contributed by atoms with Crippen LogP contribution >= 0.6 is 31.9 Å². The fourth-order valence-electron chi connectivity index (χ4n) is 9.35. The van der Waals surface area contributed by atoms with Crippen LogP contribution in [-0.4, -0.2) is 23.1 Å². The Morgan fingerprint density at radius 1 is 0.317 bits per heavy atom. The number of nitrogens with two attached hydrogens (primary N) is 2. The fourth-order valence-corrected chi connectivity index (χ4v) is 10.5. The first-order valence-electron chi connectivity index (χ1n) is 18.8. The molecule has 4 aliphatic carbocycles. The molecule has 10 heteroatoms. The highest BCUT2D eigenvalue weighted by molar-refractivity contribution is 9.11. The highest BCUT2D eigenvalue weighted by Gasteiger charge is 2.38. The molecule has 8 aromatic carbocycles. The number of nitrogen functional groups attached to an aromatic ring is 2. The van der Waals surface area contributed by atoms with Crippen LogP contribution in [0.5, 0.6) is 0 Å². The second-order valence-corrected chi connectivity index (χ2v) is 16.7. The molecule has 0 saturated heterocycles. The lowest BCUT2D eigenvalue weighted by molar-refractivity contribution is 0.0978. The van der Waals surface area contributed by atoms with Gasteiger partial charge in [-0.3, -0.25) is 28.8 Å². The molecule has 284 valence electrons. The number of hydrogen-bond acceptors (Lipinski definition) is 8. The smallest absolute Gasteiger partial charge is 0.196 e. The third-order valence-electron chi connectivity index (χ3n) is 12.0. The van der Waals surface area contributed by atoms with Gasteiger partial charge in [0.2, 0.25) is 0 Å². The quantitative estimate of drug-likeness (QED) is 0.0938. The zero-order chi connectivity index (χ0) is 41.5. The van der Waals surface area contributed by atoms with Crippen LogP contribution in [0.25, 0.3) is 65.3 Å². The van der Waals surface area contributed by atoms with Crippen molar-refractivity contribution in [3.05, 3.63) is 195 Å². The summed E-state index contributed by atoms with van der Waals surface area (Å²) in [6, 6.07) is 34.7. The maximum atomic E-state index is 13.6. The van der Waals surface area contributed by atoms with Crippen LogP contribution in [-0.2, 0) is 0 Å². The number of rotatable bonds is 1. The molecule has 0 heterocycles. The van der Waals surface area contributed by atoms with Crippen LogP contribution in [0, 0.1) is 0 Å². The van der Waals surface area contributed by atoms with Crippen molar-refractivity contribution < 1.29 is 19.2 Å². The molecule has 4 N–H and O–H groups in total. The highest BCUT2D eigenvalue weighted by Crippen LogP contribution is 2.48. The normalized spacial score (nSPS) is 13.2. The Bertz CT molecular complexity index is 3480. The van der Waals surface area contributed by atoms with E-state index in [0.717, 1.165) is 41.6 Å². The monoisotopic (exact) mass is 906 g/mol. The van der Waals surface area contributed by atoms with E-state index >= 15 is 0 Å². The van der Waals surface area contributed by atoms with Gasteiger partial charge in [-0.05, 0) is 46.2 Å². The maximum absolute atomic E-state index is 13.6. The van der Waals surface area contributed by atoms with E-state index in [0.29, 0.717) is 32.7 Å². The summed E-state index contributed by atoms with van der Waals surface area (Å²) in [4.78, 5) is 80.4. The SMILES string of the molecule is Nc1ccc(-c2ccc(N)c3c2C(=O)c2ccccc2C3=O)c2c1C(=O)c1ccccc1C2=O.O=c1c2cc(Br)c3cccc4c(=O)c5cc(Br)c6cccc1c6c5-c2c34. The van der Waals surface area contributed by atoms with Crippen molar-refractivity contribution in [1.29, 1.82) is 0 Å². The average molecular weight is 909 g/mol. The van der Waals surface area contributed by atoms with Gasteiger partial charge in [0.25, 0.3) is 0 Å². The van der Waals surface area contributed by atoms with Gasteiger partial charge < -0.3 is 11.5 Å². The molecule has 0 atom stereocenters. The van der Waals surface area contributed by atoms with Gasteiger partial charge in [-0.2, -0.15) is 0 Å². The van der Waals surface area contributed by atoms with Crippen LogP contribution in [0.3, 0.4) is 0 Å². The average Bonchev–Trinajstić information content (AvgIpc) is 3.26. The van der Waals surface area contributed by atoms with Crippen LogP contribution in [0.15, 0.2) is 140 Å². The Balaban J connectivity index is 0.000000141. The molecule has 0 bridgehead atoms. The van der Waals surface area contributed by atoms with E-state index in [1.165, 1.54) is 0 Å². The molecule has 0 spiro atoms. The van der Waals surface area contributed by atoms with Crippen LogP contribution in [0.2, 0.25) is 0 Å². The first-order chi connectivity index (χ1) is 29.0. The van der Waals surface area contributed by atoms with Crippen molar-refractivity contribution in [2.75, 3.05) is 11.5 Å². The van der Waals surface area contributed by atoms with Gasteiger partial charge in [0.1, 0.15) is 0 Å². The molecule has 0 radical (unpaired) electrons. The summed E-state index contributed by atoms with van der Waals surface area (Å²) in [7, 11) is 0. The molecule has 12 rings (SSSR count). The minimum atomic E-state index is -0.368. The van der Waals surface area contributed by atoms with Crippen molar-refractivity contribution in [3.8, 4) is 22.3 Å².